The van der Waals surface area contributed by atoms with E-state index in [-0.39, 0.29) is 0 Å². The number of nitrogens with zero attached hydrogens (tertiary/aromatic N) is 3. The number of thiazole rings is 1. The molecule has 0 saturated carbocycles. The summed E-state index contributed by atoms with van der Waals surface area (Å²) in [7, 11) is 0. The topological polar surface area (TPSA) is 62.5 Å². The summed E-state index contributed by atoms with van der Waals surface area (Å²) in [6.45, 7) is 4.09. The molecule has 0 atom stereocenters. The predicted octanol–water partition coefficient (Wildman–Crippen LogP) is 4.86. The average Bonchev–Trinajstić information content (AvgIpc) is 2.99. The lowest BCUT2D eigenvalue weighted by Crippen LogP contribution is -1.95. The minimum Gasteiger partial charge on any atom is -0.313 e. The molecule has 4 nitrogen and oxygen atoms in total. The van der Waals surface area contributed by atoms with Crippen molar-refractivity contribution in [1.29, 1.82) is 5.41 Å². The molecule has 0 fully saturated rings. The van der Waals surface area contributed by atoms with Gasteiger partial charge in [0, 0.05) is 23.7 Å². The molecule has 5 heteroatoms. The fourth-order valence-corrected chi connectivity index (χ4v) is 3.65. The van der Waals surface area contributed by atoms with Gasteiger partial charge in [-0.1, -0.05) is 6.07 Å². The summed E-state index contributed by atoms with van der Waals surface area (Å²) >= 11 is 1.66. The lowest BCUT2D eigenvalue weighted by molar-refractivity contribution is 0.856. The van der Waals surface area contributed by atoms with Crippen LogP contribution in [0.25, 0.3) is 21.1 Å². The molecule has 0 bridgehead atoms. The SMILES string of the molecule is Cc1nc(-c2sc(-c3cccnc3)nc2C)ccc1CCCC=N. The molecular weight excluding hydrogens is 316 g/mol. The smallest absolute Gasteiger partial charge is 0.125 e. The third-order valence-corrected chi connectivity index (χ3v) is 5.16. The van der Waals surface area contributed by atoms with Crippen LogP contribution in [0.15, 0.2) is 36.7 Å². The fourth-order valence-electron chi connectivity index (χ4n) is 2.62. The van der Waals surface area contributed by atoms with Gasteiger partial charge < -0.3 is 5.41 Å². The van der Waals surface area contributed by atoms with Gasteiger partial charge in [-0.25, -0.2) is 4.98 Å². The molecular formula is C19H20N4S. The Morgan fingerprint density at radius 1 is 1.12 bits per heavy atom. The summed E-state index contributed by atoms with van der Waals surface area (Å²) in [5.74, 6) is 0. The van der Waals surface area contributed by atoms with Gasteiger partial charge >= 0.3 is 0 Å². The zero-order valence-electron chi connectivity index (χ0n) is 13.9. The molecule has 0 amide bonds. The Kier molecular flexibility index (Phi) is 5.11. The van der Waals surface area contributed by atoms with Gasteiger partial charge in [0.2, 0.25) is 0 Å². The first kappa shape index (κ1) is 16.5. The van der Waals surface area contributed by atoms with E-state index >= 15 is 0 Å². The van der Waals surface area contributed by atoms with E-state index in [4.69, 9.17) is 10.4 Å². The van der Waals surface area contributed by atoms with Crippen molar-refractivity contribution in [2.45, 2.75) is 33.1 Å². The molecule has 0 aliphatic heterocycles. The number of aromatic nitrogens is 3. The predicted molar refractivity (Wildman–Crippen MR) is 99.8 cm³/mol. The minimum absolute atomic E-state index is 0.823. The van der Waals surface area contributed by atoms with E-state index in [2.05, 4.69) is 29.0 Å². The number of unbranched alkanes of at least 4 members (excludes halogenated alkanes) is 1. The number of hydrogen-bond donors (Lipinski definition) is 1. The second kappa shape index (κ2) is 7.45. The molecule has 0 radical (unpaired) electrons. The lowest BCUT2D eigenvalue weighted by atomic mass is 10.1. The van der Waals surface area contributed by atoms with Gasteiger partial charge in [0.1, 0.15) is 5.01 Å². The van der Waals surface area contributed by atoms with Gasteiger partial charge in [0.25, 0.3) is 0 Å². The molecule has 0 aliphatic rings. The normalized spacial score (nSPS) is 10.8. The maximum Gasteiger partial charge on any atom is 0.125 e. The Hall–Kier alpha value is -2.40. The first-order chi connectivity index (χ1) is 11.7. The van der Waals surface area contributed by atoms with Crippen LogP contribution in [0.2, 0.25) is 0 Å². The summed E-state index contributed by atoms with van der Waals surface area (Å²) < 4.78 is 0. The van der Waals surface area contributed by atoms with E-state index in [1.165, 1.54) is 11.8 Å². The van der Waals surface area contributed by atoms with Gasteiger partial charge in [-0.15, -0.1) is 11.3 Å². The largest absolute Gasteiger partial charge is 0.313 e. The van der Waals surface area contributed by atoms with Crippen molar-refractivity contribution >= 4 is 17.6 Å². The van der Waals surface area contributed by atoms with Crippen molar-refractivity contribution < 1.29 is 0 Å². The fraction of sp³-hybridized carbons (Fsp3) is 0.263. The summed E-state index contributed by atoms with van der Waals surface area (Å²) in [6, 6.07) is 8.20. The van der Waals surface area contributed by atoms with Crippen molar-refractivity contribution in [3.05, 3.63) is 53.6 Å². The van der Waals surface area contributed by atoms with E-state index in [1.807, 2.05) is 25.3 Å². The van der Waals surface area contributed by atoms with Crippen LogP contribution < -0.4 is 0 Å². The van der Waals surface area contributed by atoms with E-state index in [0.29, 0.717) is 0 Å². The van der Waals surface area contributed by atoms with Crippen LogP contribution in [-0.2, 0) is 6.42 Å². The van der Waals surface area contributed by atoms with E-state index in [9.17, 15) is 0 Å². The van der Waals surface area contributed by atoms with Crippen LogP contribution in [0.4, 0.5) is 0 Å². The molecule has 3 heterocycles. The lowest BCUT2D eigenvalue weighted by Gasteiger charge is -2.06. The molecule has 0 saturated heterocycles. The zero-order chi connectivity index (χ0) is 16.9. The van der Waals surface area contributed by atoms with Crippen molar-refractivity contribution in [3.8, 4) is 21.1 Å². The molecule has 1 N–H and O–H groups in total. The Morgan fingerprint density at radius 2 is 2.00 bits per heavy atom. The number of rotatable bonds is 6. The maximum atomic E-state index is 7.11. The third-order valence-electron chi connectivity index (χ3n) is 3.93. The van der Waals surface area contributed by atoms with Crippen LogP contribution in [0.5, 0.6) is 0 Å². The first-order valence-corrected chi connectivity index (χ1v) is 8.84. The second-order valence-corrected chi connectivity index (χ2v) is 6.71. The van der Waals surface area contributed by atoms with E-state index in [1.54, 1.807) is 17.5 Å². The van der Waals surface area contributed by atoms with Gasteiger partial charge in [0.05, 0.1) is 16.3 Å². The molecule has 3 aromatic heterocycles. The molecule has 24 heavy (non-hydrogen) atoms. The van der Waals surface area contributed by atoms with Gasteiger partial charge in [-0.2, -0.15) is 0 Å². The molecule has 0 spiro atoms. The first-order valence-electron chi connectivity index (χ1n) is 8.02. The van der Waals surface area contributed by atoms with Crippen molar-refractivity contribution in [2.24, 2.45) is 0 Å². The highest BCUT2D eigenvalue weighted by atomic mass is 32.1. The quantitative estimate of drug-likeness (QED) is 0.516. The molecule has 3 rings (SSSR count). The van der Waals surface area contributed by atoms with Crippen LogP contribution in [-0.4, -0.2) is 21.2 Å². The highest BCUT2D eigenvalue weighted by Gasteiger charge is 2.13. The highest BCUT2D eigenvalue weighted by molar-refractivity contribution is 7.18. The summed E-state index contributed by atoms with van der Waals surface area (Å²) in [5.41, 5.74) is 5.34. The number of nitrogens with one attached hydrogen (secondary N) is 1. The summed E-state index contributed by atoms with van der Waals surface area (Å²) in [5, 5.41) is 8.09. The van der Waals surface area contributed by atoms with Gasteiger partial charge in [-0.3, -0.25) is 9.97 Å². The van der Waals surface area contributed by atoms with Crippen molar-refractivity contribution in [2.75, 3.05) is 0 Å². The summed E-state index contributed by atoms with van der Waals surface area (Å²) in [4.78, 5) is 14.8. The van der Waals surface area contributed by atoms with Gasteiger partial charge in [-0.05, 0) is 63.1 Å². The van der Waals surface area contributed by atoms with Gasteiger partial charge in [0.15, 0.2) is 0 Å². The molecule has 0 aromatic carbocycles. The van der Waals surface area contributed by atoms with Crippen LogP contribution >= 0.6 is 11.3 Å². The highest BCUT2D eigenvalue weighted by Crippen LogP contribution is 2.34. The molecule has 0 unspecified atom stereocenters. The minimum atomic E-state index is 0.823. The monoisotopic (exact) mass is 336 g/mol. The Morgan fingerprint density at radius 3 is 2.71 bits per heavy atom. The van der Waals surface area contributed by atoms with Crippen LogP contribution in [0.3, 0.4) is 0 Å². The second-order valence-electron chi connectivity index (χ2n) is 5.71. The molecule has 3 aromatic rings. The molecule has 122 valence electrons. The third kappa shape index (κ3) is 3.57. The standard InChI is InChI=1S/C19H20N4S/c1-13-15(6-3-4-10-20)8-9-17(22-13)18-14(2)23-19(24-18)16-7-5-11-21-12-16/h5,7-12,20H,3-4,6H2,1-2H3. The Balaban J connectivity index is 1.88. The maximum absolute atomic E-state index is 7.11. The molecule has 0 aliphatic carbocycles. The van der Waals surface area contributed by atoms with Crippen molar-refractivity contribution in [3.63, 3.8) is 0 Å². The average molecular weight is 336 g/mol. The Labute approximate surface area is 146 Å². The van der Waals surface area contributed by atoms with Crippen molar-refractivity contribution in [1.82, 2.24) is 15.0 Å². The Bertz CT molecular complexity index is 840. The number of aryl methyl sites for hydroxylation is 3. The number of pyridine rings is 2. The van der Waals surface area contributed by atoms with Crippen LogP contribution in [0.1, 0.15) is 29.8 Å². The van der Waals surface area contributed by atoms with E-state index in [0.717, 1.165) is 51.8 Å². The zero-order valence-corrected chi connectivity index (χ0v) is 14.7. The van der Waals surface area contributed by atoms with E-state index < -0.39 is 0 Å². The van der Waals surface area contributed by atoms with Crippen LogP contribution in [0, 0.1) is 19.3 Å². The summed E-state index contributed by atoms with van der Waals surface area (Å²) in [6.07, 6.45) is 7.87. The number of hydrogen-bond acceptors (Lipinski definition) is 5.